The molecule has 0 saturated heterocycles. The lowest BCUT2D eigenvalue weighted by Crippen LogP contribution is -2.12. The number of rotatable bonds is 6. The number of carbonyl (C=O) groups excluding carboxylic acids is 1. The molecule has 0 saturated carbocycles. The Morgan fingerprint density at radius 3 is 1.77 bits per heavy atom. The van der Waals surface area contributed by atoms with Gasteiger partial charge < -0.3 is 5.32 Å². The van der Waals surface area contributed by atoms with Crippen molar-refractivity contribution in [2.24, 2.45) is 0 Å². The SMILES string of the molecule is CC(=O)c1ccc(Nc2ccc(NS(=O)(=O)c3ccccc3)cc2)cc1. The molecule has 0 atom stereocenters. The Morgan fingerprint density at radius 1 is 0.731 bits per heavy atom. The topological polar surface area (TPSA) is 75.3 Å². The molecule has 0 aromatic heterocycles. The first-order valence-electron chi connectivity index (χ1n) is 8.00. The van der Waals surface area contributed by atoms with Gasteiger partial charge in [-0.25, -0.2) is 8.42 Å². The Bertz CT molecular complexity index is 997. The van der Waals surface area contributed by atoms with Gasteiger partial charge >= 0.3 is 0 Å². The zero-order valence-electron chi connectivity index (χ0n) is 14.1. The van der Waals surface area contributed by atoms with Gasteiger partial charge in [0.25, 0.3) is 10.0 Å². The summed E-state index contributed by atoms with van der Waals surface area (Å²) in [6, 6.07) is 22.3. The molecule has 0 amide bonds. The first-order chi connectivity index (χ1) is 12.4. The minimum Gasteiger partial charge on any atom is -0.356 e. The Labute approximate surface area is 152 Å². The third kappa shape index (κ3) is 4.29. The summed E-state index contributed by atoms with van der Waals surface area (Å²) in [5, 5.41) is 3.20. The van der Waals surface area contributed by atoms with Crippen molar-refractivity contribution in [1.82, 2.24) is 0 Å². The van der Waals surface area contributed by atoms with Crippen molar-refractivity contribution in [3.05, 3.63) is 84.4 Å². The van der Waals surface area contributed by atoms with Gasteiger partial charge in [-0.1, -0.05) is 18.2 Å². The van der Waals surface area contributed by atoms with Crippen molar-refractivity contribution in [2.75, 3.05) is 10.0 Å². The molecule has 132 valence electrons. The van der Waals surface area contributed by atoms with Gasteiger partial charge in [0.1, 0.15) is 0 Å². The van der Waals surface area contributed by atoms with Crippen LogP contribution in [0.15, 0.2) is 83.8 Å². The molecular formula is C20H18N2O3S. The molecule has 0 spiro atoms. The Kier molecular flexibility index (Phi) is 5.04. The van der Waals surface area contributed by atoms with Gasteiger partial charge in [-0.15, -0.1) is 0 Å². The van der Waals surface area contributed by atoms with E-state index in [1.54, 1.807) is 66.7 Å². The van der Waals surface area contributed by atoms with E-state index in [9.17, 15) is 13.2 Å². The van der Waals surface area contributed by atoms with E-state index >= 15 is 0 Å². The summed E-state index contributed by atoms with van der Waals surface area (Å²) in [6.45, 7) is 1.53. The molecule has 2 N–H and O–H groups in total. The van der Waals surface area contributed by atoms with Crippen molar-refractivity contribution in [2.45, 2.75) is 11.8 Å². The first kappa shape index (κ1) is 17.7. The zero-order valence-corrected chi connectivity index (χ0v) is 15.0. The predicted octanol–water partition coefficient (Wildman–Crippen LogP) is 4.43. The maximum Gasteiger partial charge on any atom is 0.261 e. The summed E-state index contributed by atoms with van der Waals surface area (Å²) in [4.78, 5) is 11.5. The Morgan fingerprint density at radius 2 is 1.23 bits per heavy atom. The van der Waals surface area contributed by atoms with Crippen LogP contribution in [0.5, 0.6) is 0 Å². The maximum absolute atomic E-state index is 12.3. The van der Waals surface area contributed by atoms with Crippen molar-refractivity contribution in [3.63, 3.8) is 0 Å². The molecule has 0 radical (unpaired) electrons. The molecule has 0 aliphatic heterocycles. The number of sulfonamides is 1. The average molecular weight is 366 g/mol. The van der Waals surface area contributed by atoms with Gasteiger partial charge in [-0.2, -0.15) is 0 Å². The van der Waals surface area contributed by atoms with Gasteiger partial charge in [-0.3, -0.25) is 9.52 Å². The van der Waals surface area contributed by atoms with E-state index in [2.05, 4.69) is 10.0 Å². The molecule has 26 heavy (non-hydrogen) atoms. The molecule has 5 nitrogen and oxygen atoms in total. The second-order valence-corrected chi connectivity index (χ2v) is 7.44. The van der Waals surface area contributed by atoms with Crippen molar-refractivity contribution in [1.29, 1.82) is 0 Å². The van der Waals surface area contributed by atoms with Crippen molar-refractivity contribution in [3.8, 4) is 0 Å². The van der Waals surface area contributed by atoms with Gasteiger partial charge in [-0.05, 0) is 67.6 Å². The molecular weight excluding hydrogens is 348 g/mol. The van der Waals surface area contributed by atoms with E-state index in [4.69, 9.17) is 0 Å². The maximum atomic E-state index is 12.3. The fourth-order valence-electron chi connectivity index (χ4n) is 2.39. The fourth-order valence-corrected chi connectivity index (χ4v) is 3.47. The van der Waals surface area contributed by atoms with Crippen LogP contribution < -0.4 is 10.0 Å². The lowest BCUT2D eigenvalue weighted by atomic mass is 10.1. The highest BCUT2D eigenvalue weighted by atomic mass is 32.2. The summed E-state index contributed by atoms with van der Waals surface area (Å²) in [5.74, 6) is 0.0200. The number of carbonyl (C=O) groups is 1. The predicted molar refractivity (Wildman–Crippen MR) is 103 cm³/mol. The van der Waals surface area contributed by atoms with Gasteiger partial charge in [0.15, 0.2) is 5.78 Å². The molecule has 3 aromatic rings. The lowest BCUT2D eigenvalue weighted by molar-refractivity contribution is 0.101. The smallest absolute Gasteiger partial charge is 0.261 e. The highest BCUT2D eigenvalue weighted by Crippen LogP contribution is 2.21. The summed E-state index contributed by atoms with van der Waals surface area (Å²) in [6.07, 6.45) is 0. The minimum atomic E-state index is -3.60. The molecule has 0 heterocycles. The van der Waals surface area contributed by atoms with Crippen LogP contribution in [0.3, 0.4) is 0 Å². The largest absolute Gasteiger partial charge is 0.356 e. The summed E-state index contributed by atoms with van der Waals surface area (Å²) >= 11 is 0. The number of anilines is 3. The number of Topliss-reactive ketones (excluding diaryl/α,β-unsaturated/α-hetero) is 1. The van der Waals surface area contributed by atoms with Crippen LogP contribution in [0.1, 0.15) is 17.3 Å². The zero-order chi connectivity index (χ0) is 18.6. The third-order valence-electron chi connectivity index (χ3n) is 3.77. The Hall–Kier alpha value is -3.12. The van der Waals surface area contributed by atoms with Crippen molar-refractivity contribution < 1.29 is 13.2 Å². The number of hydrogen-bond donors (Lipinski definition) is 2. The molecule has 3 rings (SSSR count). The van der Waals surface area contributed by atoms with Crippen molar-refractivity contribution >= 4 is 32.9 Å². The monoisotopic (exact) mass is 366 g/mol. The molecule has 0 fully saturated rings. The van der Waals surface area contributed by atoms with Crippen LogP contribution in [0.25, 0.3) is 0 Å². The summed E-state index contributed by atoms with van der Waals surface area (Å²) in [5.41, 5.74) is 2.78. The molecule has 0 unspecified atom stereocenters. The second-order valence-electron chi connectivity index (χ2n) is 5.75. The number of ketones is 1. The number of benzene rings is 3. The summed E-state index contributed by atoms with van der Waals surface area (Å²) in [7, 11) is -3.60. The highest BCUT2D eigenvalue weighted by molar-refractivity contribution is 7.92. The van der Waals surface area contributed by atoms with E-state index in [0.29, 0.717) is 11.3 Å². The Balaban J connectivity index is 1.69. The average Bonchev–Trinajstić information content (AvgIpc) is 2.64. The van der Waals surface area contributed by atoms with Crippen LogP contribution in [-0.2, 0) is 10.0 Å². The van der Waals surface area contributed by atoms with Gasteiger partial charge in [0, 0.05) is 22.6 Å². The molecule has 6 heteroatoms. The molecule has 0 aliphatic carbocycles. The highest BCUT2D eigenvalue weighted by Gasteiger charge is 2.13. The van der Waals surface area contributed by atoms with Crippen LogP contribution in [0, 0.1) is 0 Å². The quantitative estimate of drug-likeness (QED) is 0.633. The normalized spacial score (nSPS) is 11.0. The first-order valence-corrected chi connectivity index (χ1v) is 9.48. The van der Waals surface area contributed by atoms with Crippen LogP contribution in [0.2, 0.25) is 0 Å². The number of hydrogen-bond acceptors (Lipinski definition) is 4. The molecule has 3 aromatic carbocycles. The minimum absolute atomic E-state index is 0.0200. The van der Waals surface area contributed by atoms with E-state index < -0.39 is 10.0 Å². The van der Waals surface area contributed by atoms with Crippen LogP contribution in [0.4, 0.5) is 17.1 Å². The standard InChI is InChI=1S/C20H18N2O3S/c1-15(23)16-7-9-17(10-8-16)21-18-11-13-19(14-12-18)22-26(24,25)20-5-3-2-4-6-20/h2-14,21-22H,1H3. The lowest BCUT2D eigenvalue weighted by Gasteiger charge is -2.10. The van der Waals surface area contributed by atoms with Crippen LogP contribution in [-0.4, -0.2) is 14.2 Å². The van der Waals surface area contributed by atoms with E-state index in [-0.39, 0.29) is 10.7 Å². The molecule has 0 aliphatic rings. The van der Waals surface area contributed by atoms with Gasteiger partial charge in [0.05, 0.1) is 4.90 Å². The third-order valence-corrected chi connectivity index (χ3v) is 5.17. The van der Waals surface area contributed by atoms with E-state index in [1.165, 1.54) is 6.92 Å². The van der Waals surface area contributed by atoms with Gasteiger partial charge in [0.2, 0.25) is 0 Å². The number of nitrogens with one attached hydrogen (secondary N) is 2. The fraction of sp³-hybridized carbons (Fsp3) is 0.0500. The van der Waals surface area contributed by atoms with Crippen LogP contribution >= 0.6 is 0 Å². The van der Waals surface area contributed by atoms with E-state index in [1.807, 2.05) is 12.1 Å². The second kappa shape index (κ2) is 7.41. The summed E-state index contributed by atoms with van der Waals surface area (Å²) < 4.78 is 27.2. The van der Waals surface area contributed by atoms with E-state index in [0.717, 1.165) is 11.4 Å². The molecule has 0 bridgehead atoms.